The van der Waals surface area contributed by atoms with Crippen LogP contribution in [0.2, 0.25) is 0 Å². The zero-order valence-electron chi connectivity index (χ0n) is 12.7. The van der Waals surface area contributed by atoms with Gasteiger partial charge < -0.3 is 14.2 Å². The Morgan fingerprint density at radius 1 is 1.14 bits per heavy atom. The second-order valence-electron chi connectivity index (χ2n) is 5.14. The summed E-state index contributed by atoms with van der Waals surface area (Å²) in [6, 6.07) is 2.96. The first kappa shape index (κ1) is 15.4. The molecule has 0 amide bonds. The van der Waals surface area contributed by atoms with Gasteiger partial charge in [-0.1, -0.05) is 0 Å². The van der Waals surface area contributed by atoms with Gasteiger partial charge in [0.2, 0.25) is 11.8 Å². The molecule has 0 N–H and O–H groups in total. The van der Waals surface area contributed by atoms with Gasteiger partial charge in [-0.2, -0.15) is 0 Å². The molecule has 2 rings (SSSR count). The molecule has 1 heterocycles. The largest absolute Gasteiger partial charge is 0.493 e. The van der Waals surface area contributed by atoms with Gasteiger partial charge in [-0.25, -0.2) is 0 Å². The van der Waals surface area contributed by atoms with Gasteiger partial charge in [0.1, 0.15) is 0 Å². The average Bonchev–Trinajstić information content (AvgIpc) is 2.87. The predicted octanol–water partition coefficient (Wildman–Crippen LogP) is 1.39. The summed E-state index contributed by atoms with van der Waals surface area (Å²) in [5.41, 5.74) is 0.829. The van der Waals surface area contributed by atoms with Crippen LogP contribution in [0, 0.1) is 10.1 Å². The van der Waals surface area contributed by atoms with E-state index in [1.807, 2.05) is 11.9 Å². The molecule has 2 atom stereocenters. The Bertz CT molecular complexity index is 509. The van der Waals surface area contributed by atoms with Gasteiger partial charge in [0.05, 0.1) is 33.8 Å². The molecule has 1 aliphatic rings. The molecular formula is C14H20N2O5. The standard InChI is InChI=1S/C14H20N2O5/c1-15-7-10(11(8-15)16(17)18)9-5-12(19-2)14(21-4)13(6-9)20-3/h5-6,10-11H,7-8H2,1-4H3. The van der Waals surface area contributed by atoms with Crippen LogP contribution in [-0.2, 0) is 0 Å². The molecule has 116 valence electrons. The quantitative estimate of drug-likeness (QED) is 0.604. The molecule has 0 bridgehead atoms. The van der Waals surface area contributed by atoms with Crippen molar-refractivity contribution in [3.63, 3.8) is 0 Å². The number of benzene rings is 1. The summed E-state index contributed by atoms with van der Waals surface area (Å²) in [7, 11) is 6.48. The first-order chi connectivity index (χ1) is 10.0. The number of methoxy groups -OCH3 is 3. The molecule has 1 saturated heterocycles. The predicted molar refractivity (Wildman–Crippen MR) is 77.1 cm³/mol. The van der Waals surface area contributed by atoms with Crippen LogP contribution in [0.5, 0.6) is 17.2 Å². The number of likely N-dealkylation sites (tertiary alicyclic amines) is 1. The van der Waals surface area contributed by atoms with E-state index in [2.05, 4.69) is 0 Å². The van der Waals surface area contributed by atoms with E-state index in [1.165, 1.54) is 21.3 Å². The Morgan fingerprint density at radius 2 is 1.71 bits per heavy atom. The van der Waals surface area contributed by atoms with E-state index in [-0.39, 0.29) is 10.8 Å². The molecule has 7 nitrogen and oxygen atoms in total. The summed E-state index contributed by atoms with van der Waals surface area (Å²) >= 11 is 0. The fraction of sp³-hybridized carbons (Fsp3) is 0.571. The van der Waals surface area contributed by atoms with Gasteiger partial charge in [0, 0.05) is 11.5 Å². The lowest BCUT2D eigenvalue weighted by atomic mass is 9.94. The van der Waals surface area contributed by atoms with Crippen LogP contribution in [0.1, 0.15) is 11.5 Å². The highest BCUT2D eigenvalue weighted by Crippen LogP contribution is 2.41. The van der Waals surface area contributed by atoms with Gasteiger partial charge in [-0.3, -0.25) is 15.0 Å². The monoisotopic (exact) mass is 296 g/mol. The van der Waals surface area contributed by atoms with E-state index >= 15 is 0 Å². The van der Waals surface area contributed by atoms with Crippen LogP contribution in [0.3, 0.4) is 0 Å². The maximum atomic E-state index is 11.3. The first-order valence-corrected chi connectivity index (χ1v) is 6.63. The van der Waals surface area contributed by atoms with Crippen molar-refractivity contribution in [2.75, 3.05) is 41.5 Å². The lowest BCUT2D eigenvalue weighted by molar-refractivity contribution is -0.521. The minimum Gasteiger partial charge on any atom is -0.493 e. The van der Waals surface area contributed by atoms with Crippen LogP contribution in [0.15, 0.2) is 12.1 Å². The van der Waals surface area contributed by atoms with Gasteiger partial charge >= 0.3 is 0 Å². The van der Waals surface area contributed by atoms with E-state index < -0.39 is 6.04 Å². The summed E-state index contributed by atoms with van der Waals surface area (Å²) in [6.45, 7) is 1.07. The zero-order valence-corrected chi connectivity index (χ0v) is 12.7. The van der Waals surface area contributed by atoms with E-state index in [9.17, 15) is 10.1 Å². The molecule has 0 aliphatic carbocycles. The van der Waals surface area contributed by atoms with E-state index in [4.69, 9.17) is 14.2 Å². The number of hydrogen-bond donors (Lipinski definition) is 0. The molecule has 1 fully saturated rings. The SMILES string of the molecule is COc1cc(C2CN(C)CC2[N+](=O)[O-])cc(OC)c1OC. The Labute approximate surface area is 123 Å². The van der Waals surface area contributed by atoms with Crippen molar-refractivity contribution in [3.8, 4) is 17.2 Å². The normalized spacial score (nSPS) is 22.1. The highest BCUT2D eigenvalue weighted by atomic mass is 16.6. The number of likely N-dealkylation sites (N-methyl/N-ethyl adjacent to an activating group) is 1. The van der Waals surface area contributed by atoms with Gasteiger partial charge in [-0.15, -0.1) is 0 Å². The number of ether oxygens (including phenoxy) is 3. The van der Waals surface area contributed by atoms with E-state index in [1.54, 1.807) is 12.1 Å². The summed E-state index contributed by atoms with van der Waals surface area (Å²) in [5, 5.41) is 11.3. The minimum absolute atomic E-state index is 0.196. The summed E-state index contributed by atoms with van der Waals surface area (Å²) in [5.74, 6) is 1.33. The lowest BCUT2D eigenvalue weighted by Crippen LogP contribution is -2.27. The van der Waals surface area contributed by atoms with Crippen molar-refractivity contribution in [1.29, 1.82) is 0 Å². The second-order valence-corrected chi connectivity index (χ2v) is 5.14. The van der Waals surface area contributed by atoms with Crippen molar-refractivity contribution >= 4 is 0 Å². The third-order valence-corrected chi connectivity index (χ3v) is 3.86. The topological polar surface area (TPSA) is 74.1 Å². The van der Waals surface area contributed by atoms with Crippen molar-refractivity contribution < 1.29 is 19.1 Å². The third-order valence-electron chi connectivity index (χ3n) is 3.86. The molecule has 21 heavy (non-hydrogen) atoms. The van der Waals surface area contributed by atoms with Crippen LogP contribution >= 0.6 is 0 Å². The smallest absolute Gasteiger partial charge is 0.233 e. The van der Waals surface area contributed by atoms with Crippen LogP contribution < -0.4 is 14.2 Å². The Hall–Kier alpha value is -2.02. The van der Waals surface area contributed by atoms with Gasteiger partial charge in [0.15, 0.2) is 11.5 Å². The maximum absolute atomic E-state index is 11.3. The fourth-order valence-electron chi connectivity index (χ4n) is 2.84. The molecule has 1 aliphatic heterocycles. The molecule has 0 radical (unpaired) electrons. The number of rotatable bonds is 5. The first-order valence-electron chi connectivity index (χ1n) is 6.63. The van der Waals surface area contributed by atoms with Crippen molar-refractivity contribution in [2.45, 2.75) is 12.0 Å². The van der Waals surface area contributed by atoms with E-state index in [0.717, 1.165) is 5.56 Å². The fourth-order valence-corrected chi connectivity index (χ4v) is 2.84. The molecule has 1 aromatic carbocycles. The average molecular weight is 296 g/mol. The molecule has 1 aromatic rings. The number of hydrogen-bond acceptors (Lipinski definition) is 6. The number of nitro groups is 1. The molecule has 0 spiro atoms. The van der Waals surface area contributed by atoms with Gasteiger partial charge in [0.25, 0.3) is 0 Å². The maximum Gasteiger partial charge on any atom is 0.233 e. The van der Waals surface area contributed by atoms with Crippen LogP contribution in [-0.4, -0.2) is 57.3 Å². The summed E-state index contributed by atoms with van der Waals surface area (Å²) in [6.07, 6.45) is 0. The second kappa shape index (κ2) is 6.17. The zero-order chi connectivity index (χ0) is 15.6. The molecule has 0 aromatic heterocycles. The van der Waals surface area contributed by atoms with E-state index in [0.29, 0.717) is 30.3 Å². The highest BCUT2D eigenvalue weighted by Gasteiger charge is 2.41. The van der Waals surface area contributed by atoms with Crippen LogP contribution in [0.25, 0.3) is 0 Å². The Morgan fingerprint density at radius 3 is 2.14 bits per heavy atom. The lowest BCUT2D eigenvalue weighted by Gasteiger charge is -2.18. The Balaban J connectivity index is 2.46. The summed E-state index contributed by atoms with van der Waals surface area (Å²) in [4.78, 5) is 13.0. The molecule has 2 unspecified atom stereocenters. The number of nitrogens with zero attached hydrogens (tertiary/aromatic N) is 2. The molecule has 0 saturated carbocycles. The Kier molecular flexibility index (Phi) is 4.52. The van der Waals surface area contributed by atoms with Crippen molar-refractivity contribution in [3.05, 3.63) is 27.8 Å². The van der Waals surface area contributed by atoms with Gasteiger partial charge in [-0.05, 0) is 24.7 Å². The summed E-state index contributed by atoms with van der Waals surface area (Å²) < 4.78 is 15.9. The minimum atomic E-state index is -0.627. The highest BCUT2D eigenvalue weighted by molar-refractivity contribution is 5.54. The molecular weight excluding hydrogens is 276 g/mol. The van der Waals surface area contributed by atoms with Crippen molar-refractivity contribution in [1.82, 2.24) is 4.90 Å². The third kappa shape index (κ3) is 2.87. The molecule has 7 heteroatoms. The van der Waals surface area contributed by atoms with Crippen LogP contribution in [0.4, 0.5) is 0 Å². The van der Waals surface area contributed by atoms with Crippen molar-refractivity contribution in [2.24, 2.45) is 0 Å².